The minimum Gasteiger partial charge on any atom is -0.496 e. The highest BCUT2D eigenvalue weighted by Gasteiger charge is 2.11. The first kappa shape index (κ1) is 11.4. The highest BCUT2D eigenvalue weighted by molar-refractivity contribution is 5.33. The van der Waals surface area contributed by atoms with Gasteiger partial charge in [-0.25, -0.2) is 0 Å². The van der Waals surface area contributed by atoms with Crippen LogP contribution in [-0.2, 0) is 6.54 Å². The number of ether oxygens (including phenoxy) is 1. The van der Waals surface area contributed by atoms with E-state index in [9.17, 15) is 0 Å². The van der Waals surface area contributed by atoms with Crippen LogP contribution in [0, 0.1) is 0 Å². The summed E-state index contributed by atoms with van der Waals surface area (Å²) in [5.74, 6) is 1.000. The number of nitrogens with zero attached hydrogens (tertiary/aromatic N) is 1. The lowest BCUT2D eigenvalue weighted by atomic mass is 10.2. The van der Waals surface area contributed by atoms with E-state index in [1.54, 1.807) is 7.11 Å². The van der Waals surface area contributed by atoms with Gasteiger partial charge in [0.1, 0.15) is 5.75 Å². The van der Waals surface area contributed by atoms with Crippen LogP contribution in [0.4, 0.5) is 0 Å². The van der Waals surface area contributed by atoms with Gasteiger partial charge in [-0.2, -0.15) is 0 Å². The molecule has 0 aliphatic carbocycles. The Kier molecular flexibility index (Phi) is 4.19. The Morgan fingerprint density at radius 1 is 1.25 bits per heavy atom. The number of nitrogens with one attached hydrogen (secondary N) is 1. The minimum atomic E-state index is 0.992. The Labute approximate surface area is 97.4 Å². The summed E-state index contributed by atoms with van der Waals surface area (Å²) >= 11 is 0. The monoisotopic (exact) mass is 220 g/mol. The molecule has 1 heterocycles. The SMILES string of the molecule is COc1ccccc1CN1CCCNCC1. The number of rotatable bonds is 3. The van der Waals surface area contributed by atoms with Crippen LogP contribution < -0.4 is 10.1 Å². The van der Waals surface area contributed by atoms with Gasteiger partial charge in [0.15, 0.2) is 0 Å². The van der Waals surface area contributed by atoms with Crippen molar-refractivity contribution in [1.82, 2.24) is 10.2 Å². The van der Waals surface area contributed by atoms with Gasteiger partial charge in [-0.1, -0.05) is 18.2 Å². The molecule has 1 N–H and O–H groups in total. The van der Waals surface area contributed by atoms with Crippen molar-refractivity contribution in [3.63, 3.8) is 0 Å². The molecule has 1 aliphatic rings. The van der Waals surface area contributed by atoms with Crippen LogP contribution in [0.3, 0.4) is 0 Å². The Bertz CT molecular complexity index is 319. The molecule has 0 saturated carbocycles. The van der Waals surface area contributed by atoms with Crippen molar-refractivity contribution in [2.24, 2.45) is 0 Å². The number of hydrogen-bond donors (Lipinski definition) is 1. The van der Waals surface area contributed by atoms with Gasteiger partial charge in [-0.05, 0) is 25.6 Å². The van der Waals surface area contributed by atoms with Gasteiger partial charge < -0.3 is 10.1 Å². The number of para-hydroxylation sites is 1. The van der Waals surface area contributed by atoms with Gasteiger partial charge in [0.2, 0.25) is 0 Å². The Balaban J connectivity index is 2.01. The zero-order valence-electron chi connectivity index (χ0n) is 9.91. The standard InChI is InChI=1S/C13H20N2O/c1-16-13-6-3-2-5-12(13)11-15-9-4-7-14-8-10-15/h2-3,5-6,14H,4,7-11H2,1H3. The molecule has 3 heteroatoms. The molecule has 0 unspecified atom stereocenters. The van der Waals surface area contributed by atoms with Crippen LogP contribution in [-0.4, -0.2) is 38.2 Å². The molecule has 0 radical (unpaired) electrons. The fourth-order valence-electron chi connectivity index (χ4n) is 2.13. The van der Waals surface area contributed by atoms with E-state index < -0.39 is 0 Å². The second kappa shape index (κ2) is 5.87. The zero-order valence-corrected chi connectivity index (χ0v) is 9.91. The summed E-state index contributed by atoms with van der Waals surface area (Å²) in [7, 11) is 1.74. The first-order valence-corrected chi connectivity index (χ1v) is 5.95. The van der Waals surface area contributed by atoms with E-state index >= 15 is 0 Å². The predicted octanol–water partition coefficient (Wildman–Crippen LogP) is 1.49. The first-order valence-electron chi connectivity index (χ1n) is 5.95. The smallest absolute Gasteiger partial charge is 0.123 e. The van der Waals surface area contributed by atoms with E-state index in [4.69, 9.17) is 4.74 Å². The van der Waals surface area contributed by atoms with Gasteiger partial charge in [0, 0.05) is 25.2 Å². The fraction of sp³-hybridized carbons (Fsp3) is 0.538. The van der Waals surface area contributed by atoms with Crippen molar-refractivity contribution in [1.29, 1.82) is 0 Å². The van der Waals surface area contributed by atoms with Gasteiger partial charge >= 0.3 is 0 Å². The molecule has 0 atom stereocenters. The number of hydrogen-bond acceptors (Lipinski definition) is 3. The molecule has 2 rings (SSSR count). The maximum absolute atomic E-state index is 5.38. The topological polar surface area (TPSA) is 24.5 Å². The van der Waals surface area contributed by atoms with Crippen LogP contribution in [0.1, 0.15) is 12.0 Å². The van der Waals surface area contributed by atoms with E-state index in [1.807, 2.05) is 12.1 Å². The first-order chi connectivity index (χ1) is 7.90. The lowest BCUT2D eigenvalue weighted by Gasteiger charge is -2.20. The van der Waals surface area contributed by atoms with Crippen LogP contribution in [0.25, 0.3) is 0 Å². The number of benzene rings is 1. The lowest BCUT2D eigenvalue weighted by molar-refractivity contribution is 0.278. The summed E-state index contributed by atoms with van der Waals surface area (Å²) in [5, 5.41) is 3.42. The molecule has 1 aromatic rings. The van der Waals surface area contributed by atoms with Crippen molar-refractivity contribution in [2.75, 3.05) is 33.3 Å². The second-order valence-corrected chi connectivity index (χ2v) is 4.19. The highest BCUT2D eigenvalue weighted by Crippen LogP contribution is 2.19. The van der Waals surface area contributed by atoms with Gasteiger partial charge in [0.25, 0.3) is 0 Å². The minimum absolute atomic E-state index is 0.992. The fourth-order valence-corrected chi connectivity index (χ4v) is 2.13. The number of methoxy groups -OCH3 is 1. The average Bonchev–Trinajstić information content (AvgIpc) is 2.58. The van der Waals surface area contributed by atoms with Crippen LogP contribution in [0.5, 0.6) is 5.75 Å². The zero-order chi connectivity index (χ0) is 11.2. The van der Waals surface area contributed by atoms with Crippen molar-refractivity contribution in [2.45, 2.75) is 13.0 Å². The Morgan fingerprint density at radius 3 is 3.00 bits per heavy atom. The lowest BCUT2D eigenvalue weighted by Crippen LogP contribution is -2.27. The van der Waals surface area contributed by atoms with Gasteiger partial charge in [0.05, 0.1) is 7.11 Å². The molecule has 3 nitrogen and oxygen atoms in total. The summed E-state index contributed by atoms with van der Waals surface area (Å²) in [4.78, 5) is 2.48. The average molecular weight is 220 g/mol. The van der Waals surface area contributed by atoms with Gasteiger partial charge in [-0.3, -0.25) is 4.90 Å². The molecule has 0 bridgehead atoms. The third-order valence-corrected chi connectivity index (χ3v) is 3.02. The van der Waals surface area contributed by atoms with Crippen LogP contribution in [0.15, 0.2) is 24.3 Å². The molecule has 0 amide bonds. The third-order valence-electron chi connectivity index (χ3n) is 3.02. The molecule has 1 aliphatic heterocycles. The molecular weight excluding hydrogens is 200 g/mol. The third kappa shape index (κ3) is 2.97. The predicted molar refractivity (Wildman–Crippen MR) is 65.8 cm³/mol. The van der Waals surface area contributed by atoms with Crippen molar-refractivity contribution < 1.29 is 4.74 Å². The van der Waals surface area contributed by atoms with E-state index in [2.05, 4.69) is 22.3 Å². The molecule has 1 aromatic carbocycles. The molecule has 1 fully saturated rings. The van der Waals surface area contributed by atoms with Crippen molar-refractivity contribution in [3.8, 4) is 5.75 Å². The summed E-state index contributed by atoms with van der Waals surface area (Å²) in [6, 6.07) is 8.28. The van der Waals surface area contributed by atoms with E-state index in [0.29, 0.717) is 0 Å². The Hall–Kier alpha value is -1.06. The molecule has 88 valence electrons. The van der Waals surface area contributed by atoms with E-state index in [1.165, 1.54) is 18.5 Å². The normalized spacial score (nSPS) is 18.1. The summed E-state index contributed by atoms with van der Waals surface area (Å²) in [5.41, 5.74) is 1.28. The summed E-state index contributed by atoms with van der Waals surface area (Å²) in [6.07, 6.45) is 1.23. The summed E-state index contributed by atoms with van der Waals surface area (Å²) in [6.45, 7) is 5.52. The maximum atomic E-state index is 5.38. The molecule has 16 heavy (non-hydrogen) atoms. The quantitative estimate of drug-likeness (QED) is 0.835. The summed E-state index contributed by atoms with van der Waals surface area (Å²) < 4.78 is 5.38. The Morgan fingerprint density at radius 2 is 2.12 bits per heavy atom. The molecule has 1 saturated heterocycles. The van der Waals surface area contributed by atoms with Gasteiger partial charge in [-0.15, -0.1) is 0 Å². The van der Waals surface area contributed by atoms with Crippen LogP contribution >= 0.6 is 0 Å². The molecule has 0 spiro atoms. The molecule has 0 aromatic heterocycles. The maximum Gasteiger partial charge on any atom is 0.123 e. The van der Waals surface area contributed by atoms with Crippen molar-refractivity contribution >= 4 is 0 Å². The van der Waals surface area contributed by atoms with Crippen molar-refractivity contribution in [3.05, 3.63) is 29.8 Å². The highest BCUT2D eigenvalue weighted by atomic mass is 16.5. The van der Waals surface area contributed by atoms with E-state index in [0.717, 1.165) is 31.9 Å². The van der Waals surface area contributed by atoms with Crippen LogP contribution in [0.2, 0.25) is 0 Å². The van der Waals surface area contributed by atoms with E-state index in [-0.39, 0.29) is 0 Å². The largest absolute Gasteiger partial charge is 0.496 e. The second-order valence-electron chi connectivity index (χ2n) is 4.19. The molecular formula is C13H20N2O.